The molecule has 25 heavy (non-hydrogen) atoms. The topological polar surface area (TPSA) is 6.48 Å². The predicted molar refractivity (Wildman–Crippen MR) is 107 cm³/mol. The van der Waals surface area contributed by atoms with Crippen molar-refractivity contribution in [2.75, 3.05) is 26.2 Å². The molecule has 1 heterocycles. The van der Waals surface area contributed by atoms with Crippen molar-refractivity contribution in [2.45, 2.75) is 45.2 Å². The standard InChI is InChI=1S/C23H32N2/c1-4-12-22(13-5-1)20-25(21-23-14-6-2-7-15-23)19-11-10-18-24-16-8-3-9-17-24/h1-2,4-7,12-15H,3,8-11,16-21H2. The smallest absolute Gasteiger partial charge is 0.0237 e. The van der Waals surface area contributed by atoms with Crippen molar-refractivity contribution in [3.8, 4) is 0 Å². The van der Waals surface area contributed by atoms with Crippen LogP contribution in [0.4, 0.5) is 0 Å². The molecule has 1 aliphatic heterocycles. The zero-order valence-electron chi connectivity index (χ0n) is 15.4. The summed E-state index contributed by atoms with van der Waals surface area (Å²) in [4.78, 5) is 5.25. The summed E-state index contributed by atoms with van der Waals surface area (Å²) in [5.41, 5.74) is 2.82. The Morgan fingerprint density at radius 3 is 1.80 bits per heavy atom. The summed E-state index contributed by atoms with van der Waals surface area (Å²) in [5.74, 6) is 0. The highest BCUT2D eigenvalue weighted by atomic mass is 15.1. The van der Waals surface area contributed by atoms with E-state index in [1.165, 1.54) is 69.4 Å². The van der Waals surface area contributed by atoms with E-state index in [9.17, 15) is 0 Å². The van der Waals surface area contributed by atoms with Gasteiger partial charge in [0.05, 0.1) is 0 Å². The fourth-order valence-electron chi connectivity index (χ4n) is 3.75. The van der Waals surface area contributed by atoms with Crippen LogP contribution in [0.2, 0.25) is 0 Å². The molecule has 1 aliphatic rings. The highest BCUT2D eigenvalue weighted by molar-refractivity contribution is 5.17. The van der Waals surface area contributed by atoms with Crippen LogP contribution in [-0.4, -0.2) is 36.0 Å². The zero-order chi connectivity index (χ0) is 17.2. The van der Waals surface area contributed by atoms with Gasteiger partial charge in [-0.3, -0.25) is 4.90 Å². The Morgan fingerprint density at radius 1 is 0.680 bits per heavy atom. The second-order valence-corrected chi connectivity index (χ2v) is 7.29. The Bertz CT molecular complexity index is 534. The van der Waals surface area contributed by atoms with Crippen LogP contribution >= 0.6 is 0 Å². The number of nitrogens with zero attached hydrogens (tertiary/aromatic N) is 2. The molecule has 0 atom stereocenters. The SMILES string of the molecule is c1ccc(CN(CCCCN2CCCCC2)Cc2ccccc2)cc1. The van der Waals surface area contributed by atoms with Crippen LogP contribution in [0.3, 0.4) is 0 Å². The summed E-state index contributed by atoms with van der Waals surface area (Å²) in [6.07, 6.45) is 6.83. The first-order valence-electron chi connectivity index (χ1n) is 9.93. The van der Waals surface area contributed by atoms with Gasteiger partial charge in [-0.25, -0.2) is 0 Å². The summed E-state index contributed by atoms with van der Waals surface area (Å²) in [6, 6.07) is 21.7. The Morgan fingerprint density at radius 2 is 1.24 bits per heavy atom. The molecule has 0 aliphatic carbocycles. The monoisotopic (exact) mass is 336 g/mol. The Hall–Kier alpha value is -1.64. The van der Waals surface area contributed by atoms with E-state index in [0.29, 0.717) is 0 Å². The molecule has 0 spiro atoms. The number of unbranched alkanes of at least 4 members (excludes halogenated alkanes) is 1. The van der Waals surface area contributed by atoms with E-state index in [1.807, 2.05) is 0 Å². The second-order valence-electron chi connectivity index (χ2n) is 7.29. The fraction of sp³-hybridized carbons (Fsp3) is 0.478. The van der Waals surface area contributed by atoms with Crippen molar-refractivity contribution in [1.82, 2.24) is 9.80 Å². The Labute approximate surface area is 153 Å². The second kappa shape index (κ2) is 10.4. The van der Waals surface area contributed by atoms with E-state index in [1.54, 1.807) is 0 Å². The lowest BCUT2D eigenvalue weighted by Crippen LogP contribution is -2.31. The van der Waals surface area contributed by atoms with Gasteiger partial charge in [-0.05, 0) is 63.0 Å². The third-order valence-electron chi connectivity index (χ3n) is 5.15. The average molecular weight is 337 g/mol. The van der Waals surface area contributed by atoms with E-state index in [4.69, 9.17) is 0 Å². The molecule has 1 saturated heterocycles. The maximum absolute atomic E-state index is 2.65. The lowest BCUT2D eigenvalue weighted by Gasteiger charge is -2.27. The van der Waals surface area contributed by atoms with E-state index >= 15 is 0 Å². The number of hydrogen-bond donors (Lipinski definition) is 0. The molecule has 0 radical (unpaired) electrons. The molecular weight excluding hydrogens is 304 g/mol. The molecule has 2 heteroatoms. The lowest BCUT2D eigenvalue weighted by atomic mass is 10.1. The highest BCUT2D eigenvalue weighted by Gasteiger charge is 2.10. The number of rotatable bonds is 9. The molecular formula is C23H32N2. The molecule has 2 aromatic rings. The predicted octanol–water partition coefficient (Wildman–Crippen LogP) is 4.95. The van der Waals surface area contributed by atoms with Crippen LogP contribution in [0, 0.1) is 0 Å². The first kappa shape index (κ1) is 18.2. The van der Waals surface area contributed by atoms with Crippen molar-refractivity contribution in [3.05, 3.63) is 71.8 Å². The van der Waals surface area contributed by atoms with E-state index in [2.05, 4.69) is 70.5 Å². The van der Waals surface area contributed by atoms with Gasteiger partial charge in [0.1, 0.15) is 0 Å². The summed E-state index contributed by atoms with van der Waals surface area (Å²) < 4.78 is 0. The lowest BCUT2D eigenvalue weighted by molar-refractivity contribution is 0.209. The van der Waals surface area contributed by atoms with Crippen molar-refractivity contribution in [1.29, 1.82) is 0 Å². The van der Waals surface area contributed by atoms with Gasteiger partial charge in [0.15, 0.2) is 0 Å². The fourth-order valence-corrected chi connectivity index (χ4v) is 3.75. The van der Waals surface area contributed by atoms with Crippen molar-refractivity contribution < 1.29 is 0 Å². The van der Waals surface area contributed by atoms with Crippen molar-refractivity contribution in [3.63, 3.8) is 0 Å². The maximum atomic E-state index is 2.65. The van der Waals surface area contributed by atoms with Gasteiger partial charge in [-0.1, -0.05) is 67.1 Å². The molecule has 2 aromatic carbocycles. The van der Waals surface area contributed by atoms with Gasteiger partial charge in [0.2, 0.25) is 0 Å². The van der Waals surface area contributed by atoms with Crippen molar-refractivity contribution in [2.24, 2.45) is 0 Å². The van der Waals surface area contributed by atoms with Gasteiger partial charge in [0, 0.05) is 13.1 Å². The Kier molecular flexibility index (Phi) is 7.54. The molecule has 0 saturated carbocycles. The first-order chi connectivity index (χ1) is 12.4. The molecule has 134 valence electrons. The summed E-state index contributed by atoms with van der Waals surface area (Å²) in [6.45, 7) is 7.18. The van der Waals surface area contributed by atoms with E-state index < -0.39 is 0 Å². The number of benzene rings is 2. The summed E-state index contributed by atoms with van der Waals surface area (Å²) >= 11 is 0. The van der Waals surface area contributed by atoms with Gasteiger partial charge in [0.25, 0.3) is 0 Å². The minimum Gasteiger partial charge on any atom is -0.303 e. The molecule has 0 unspecified atom stereocenters. The first-order valence-corrected chi connectivity index (χ1v) is 9.93. The van der Waals surface area contributed by atoms with Gasteiger partial charge in [-0.2, -0.15) is 0 Å². The van der Waals surface area contributed by atoms with Crippen LogP contribution in [0.15, 0.2) is 60.7 Å². The van der Waals surface area contributed by atoms with Gasteiger partial charge < -0.3 is 4.90 Å². The highest BCUT2D eigenvalue weighted by Crippen LogP contribution is 2.13. The normalized spacial score (nSPS) is 15.6. The molecule has 3 rings (SSSR count). The quantitative estimate of drug-likeness (QED) is 0.598. The number of hydrogen-bond acceptors (Lipinski definition) is 2. The van der Waals surface area contributed by atoms with Crippen molar-refractivity contribution >= 4 is 0 Å². The minimum atomic E-state index is 1.04. The van der Waals surface area contributed by atoms with Gasteiger partial charge >= 0.3 is 0 Å². The largest absolute Gasteiger partial charge is 0.303 e. The number of likely N-dealkylation sites (tertiary alicyclic amines) is 1. The van der Waals surface area contributed by atoms with Crippen LogP contribution in [0.5, 0.6) is 0 Å². The minimum absolute atomic E-state index is 1.04. The molecule has 0 N–H and O–H groups in total. The van der Waals surface area contributed by atoms with Crippen LogP contribution in [-0.2, 0) is 13.1 Å². The van der Waals surface area contributed by atoms with Crippen LogP contribution in [0.25, 0.3) is 0 Å². The van der Waals surface area contributed by atoms with Gasteiger partial charge in [-0.15, -0.1) is 0 Å². The molecule has 2 nitrogen and oxygen atoms in total. The third-order valence-corrected chi connectivity index (χ3v) is 5.15. The average Bonchev–Trinajstić information content (AvgIpc) is 2.67. The van der Waals surface area contributed by atoms with Crippen LogP contribution < -0.4 is 0 Å². The maximum Gasteiger partial charge on any atom is 0.0237 e. The molecule has 0 amide bonds. The molecule has 0 aromatic heterocycles. The van der Waals surface area contributed by atoms with E-state index in [-0.39, 0.29) is 0 Å². The third kappa shape index (κ3) is 6.64. The molecule has 0 bridgehead atoms. The number of piperidine rings is 1. The summed E-state index contributed by atoms with van der Waals surface area (Å²) in [5, 5.41) is 0. The summed E-state index contributed by atoms with van der Waals surface area (Å²) in [7, 11) is 0. The van der Waals surface area contributed by atoms with Crippen LogP contribution in [0.1, 0.15) is 43.2 Å². The molecule has 1 fully saturated rings. The Balaban J connectivity index is 1.48. The zero-order valence-corrected chi connectivity index (χ0v) is 15.4. The van der Waals surface area contributed by atoms with E-state index in [0.717, 1.165) is 13.1 Å².